The molecule has 2 aromatic carbocycles. The first-order chi connectivity index (χ1) is 12.0. The summed E-state index contributed by atoms with van der Waals surface area (Å²) in [6, 6.07) is 11.8. The lowest BCUT2D eigenvalue weighted by atomic mass is 10.2. The highest BCUT2D eigenvalue weighted by Crippen LogP contribution is 2.19. The molecule has 0 aliphatic heterocycles. The molecule has 0 spiro atoms. The average molecular weight is 343 g/mol. The van der Waals surface area contributed by atoms with E-state index in [0.717, 1.165) is 18.2 Å². The average Bonchev–Trinajstić information content (AvgIpc) is 2.60. The molecule has 25 heavy (non-hydrogen) atoms. The summed E-state index contributed by atoms with van der Waals surface area (Å²) in [6.07, 6.45) is 1.39. The van der Waals surface area contributed by atoms with E-state index in [1.165, 1.54) is 30.5 Å². The first-order valence-electron chi connectivity index (χ1n) is 7.26. The molecule has 4 nitrogen and oxygen atoms in total. The Kier molecular flexibility index (Phi) is 4.65. The number of pyridine rings is 1. The number of anilines is 3. The van der Waals surface area contributed by atoms with Crippen molar-refractivity contribution in [1.82, 2.24) is 4.98 Å². The number of nitrogens with zero attached hydrogens (tertiary/aromatic N) is 1. The molecule has 0 saturated heterocycles. The zero-order valence-electron chi connectivity index (χ0n) is 12.8. The molecule has 0 radical (unpaired) electrons. The summed E-state index contributed by atoms with van der Waals surface area (Å²) in [6.45, 7) is 0. The number of amides is 1. The van der Waals surface area contributed by atoms with Gasteiger partial charge < -0.3 is 10.6 Å². The number of nitrogens with one attached hydrogen (secondary N) is 2. The van der Waals surface area contributed by atoms with Crippen LogP contribution in [-0.4, -0.2) is 10.9 Å². The van der Waals surface area contributed by atoms with Gasteiger partial charge in [-0.15, -0.1) is 0 Å². The molecule has 0 atom stereocenters. The first kappa shape index (κ1) is 16.5. The Morgan fingerprint density at radius 3 is 2.36 bits per heavy atom. The minimum absolute atomic E-state index is 0.184. The SMILES string of the molecule is O=C(Nc1ccc(Nc2ccc(F)c(F)c2)nc1)c1cccc(F)c1. The van der Waals surface area contributed by atoms with Gasteiger partial charge >= 0.3 is 0 Å². The van der Waals surface area contributed by atoms with Gasteiger partial charge in [0.25, 0.3) is 5.91 Å². The van der Waals surface area contributed by atoms with Gasteiger partial charge in [0.05, 0.1) is 11.9 Å². The molecule has 3 aromatic rings. The van der Waals surface area contributed by atoms with Crippen molar-refractivity contribution in [2.45, 2.75) is 0 Å². The maximum absolute atomic E-state index is 13.2. The molecule has 0 saturated carbocycles. The van der Waals surface area contributed by atoms with E-state index < -0.39 is 23.4 Å². The molecule has 126 valence electrons. The normalized spacial score (nSPS) is 10.4. The summed E-state index contributed by atoms with van der Waals surface area (Å²) in [5, 5.41) is 5.40. The quantitative estimate of drug-likeness (QED) is 0.734. The topological polar surface area (TPSA) is 54.0 Å². The summed E-state index contributed by atoms with van der Waals surface area (Å²) >= 11 is 0. The molecule has 0 aliphatic rings. The van der Waals surface area contributed by atoms with Crippen LogP contribution in [0, 0.1) is 17.5 Å². The molecule has 0 bridgehead atoms. The summed E-state index contributed by atoms with van der Waals surface area (Å²) in [5.74, 6) is -2.49. The van der Waals surface area contributed by atoms with Gasteiger partial charge in [0.2, 0.25) is 0 Å². The van der Waals surface area contributed by atoms with Gasteiger partial charge in [0, 0.05) is 17.3 Å². The Labute approximate surface area is 141 Å². The van der Waals surface area contributed by atoms with Crippen LogP contribution in [0.4, 0.5) is 30.4 Å². The largest absolute Gasteiger partial charge is 0.340 e. The maximum atomic E-state index is 13.2. The van der Waals surface area contributed by atoms with Gasteiger partial charge in [-0.2, -0.15) is 0 Å². The third-order valence-corrected chi connectivity index (χ3v) is 3.30. The van der Waals surface area contributed by atoms with Crippen LogP contribution in [0.15, 0.2) is 60.8 Å². The number of carbonyl (C=O) groups is 1. The number of carbonyl (C=O) groups excluding carboxylic acids is 1. The van der Waals surface area contributed by atoms with Crippen LogP contribution in [0.1, 0.15) is 10.4 Å². The molecular formula is C18H12F3N3O. The van der Waals surface area contributed by atoms with E-state index in [9.17, 15) is 18.0 Å². The fourth-order valence-corrected chi connectivity index (χ4v) is 2.10. The standard InChI is InChI=1S/C18H12F3N3O/c19-12-3-1-2-11(8-12)18(25)24-14-5-7-17(22-10-14)23-13-4-6-15(20)16(21)9-13/h1-10H,(H,22,23)(H,24,25). The molecule has 0 unspecified atom stereocenters. The zero-order chi connectivity index (χ0) is 17.8. The lowest BCUT2D eigenvalue weighted by Crippen LogP contribution is -2.12. The van der Waals surface area contributed by atoms with Crippen LogP contribution in [-0.2, 0) is 0 Å². The third kappa shape index (κ3) is 4.14. The first-order valence-corrected chi connectivity index (χ1v) is 7.26. The second kappa shape index (κ2) is 7.04. The van der Waals surface area contributed by atoms with E-state index in [4.69, 9.17) is 0 Å². The van der Waals surface area contributed by atoms with Crippen molar-refractivity contribution in [2.75, 3.05) is 10.6 Å². The second-order valence-electron chi connectivity index (χ2n) is 5.15. The molecule has 2 N–H and O–H groups in total. The van der Waals surface area contributed by atoms with Gasteiger partial charge in [-0.05, 0) is 42.5 Å². The molecule has 0 fully saturated rings. The number of hydrogen-bond acceptors (Lipinski definition) is 3. The fraction of sp³-hybridized carbons (Fsp3) is 0. The minimum Gasteiger partial charge on any atom is -0.340 e. The molecule has 1 heterocycles. The zero-order valence-corrected chi connectivity index (χ0v) is 12.8. The Balaban J connectivity index is 1.67. The maximum Gasteiger partial charge on any atom is 0.255 e. The van der Waals surface area contributed by atoms with E-state index in [1.54, 1.807) is 12.1 Å². The number of rotatable bonds is 4. The van der Waals surface area contributed by atoms with E-state index >= 15 is 0 Å². The Morgan fingerprint density at radius 1 is 0.880 bits per heavy atom. The van der Waals surface area contributed by atoms with Crippen LogP contribution < -0.4 is 10.6 Å². The summed E-state index contributed by atoms with van der Waals surface area (Å²) < 4.78 is 39.2. The highest BCUT2D eigenvalue weighted by atomic mass is 19.2. The highest BCUT2D eigenvalue weighted by molar-refractivity contribution is 6.04. The predicted octanol–water partition coefficient (Wildman–Crippen LogP) is 4.49. The molecule has 7 heteroatoms. The van der Waals surface area contributed by atoms with Gasteiger partial charge in [0.15, 0.2) is 11.6 Å². The van der Waals surface area contributed by atoms with Crippen LogP contribution in [0.25, 0.3) is 0 Å². The third-order valence-electron chi connectivity index (χ3n) is 3.30. The lowest BCUT2D eigenvalue weighted by Gasteiger charge is -2.08. The van der Waals surface area contributed by atoms with Crippen molar-refractivity contribution >= 4 is 23.1 Å². The van der Waals surface area contributed by atoms with Crippen molar-refractivity contribution in [3.05, 3.63) is 83.8 Å². The molecule has 1 aromatic heterocycles. The molecule has 3 rings (SSSR count). The van der Waals surface area contributed by atoms with Gasteiger partial charge in [-0.1, -0.05) is 6.07 Å². The van der Waals surface area contributed by atoms with E-state index in [0.29, 0.717) is 17.2 Å². The number of aromatic nitrogens is 1. The second-order valence-corrected chi connectivity index (χ2v) is 5.15. The summed E-state index contributed by atoms with van der Waals surface area (Å²) in [7, 11) is 0. The van der Waals surface area contributed by atoms with Crippen LogP contribution in [0.2, 0.25) is 0 Å². The Bertz CT molecular complexity index is 914. The predicted molar refractivity (Wildman–Crippen MR) is 88.2 cm³/mol. The van der Waals surface area contributed by atoms with Crippen molar-refractivity contribution < 1.29 is 18.0 Å². The van der Waals surface area contributed by atoms with Crippen LogP contribution in [0.3, 0.4) is 0 Å². The van der Waals surface area contributed by atoms with E-state index in [-0.39, 0.29) is 5.56 Å². The Hall–Kier alpha value is -3.35. The molecule has 0 aliphatic carbocycles. The lowest BCUT2D eigenvalue weighted by molar-refractivity contribution is 0.102. The number of halogens is 3. The Morgan fingerprint density at radius 2 is 1.68 bits per heavy atom. The van der Waals surface area contributed by atoms with Gasteiger partial charge in [-0.25, -0.2) is 18.2 Å². The van der Waals surface area contributed by atoms with Crippen molar-refractivity contribution in [3.63, 3.8) is 0 Å². The monoisotopic (exact) mass is 343 g/mol. The van der Waals surface area contributed by atoms with Crippen molar-refractivity contribution in [3.8, 4) is 0 Å². The van der Waals surface area contributed by atoms with Gasteiger partial charge in [-0.3, -0.25) is 4.79 Å². The smallest absolute Gasteiger partial charge is 0.255 e. The number of benzene rings is 2. The minimum atomic E-state index is -0.969. The highest BCUT2D eigenvalue weighted by Gasteiger charge is 2.08. The number of hydrogen-bond donors (Lipinski definition) is 2. The summed E-state index contributed by atoms with van der Waals surface area (Å²) in [4.78, 5) is 16.1. The van der Waals surface area contributed by atoms with Crippen molar-refractivity contribution in [2.24, 2.45) is 0 Å². The van der Waals surface area contributed by atoms with E-state index in [2.05, 4.69) is 15.6 Å². The fourth-order valence-electron chi connectivity index (χ4n) is 2.10. The van der Waals surface area contributed by atoms with Gasteiger partial charge in [0.1, 0.15) is 11.6 Å². The van der Waals surface area contributed by atoms with Crippen molar-refractivity contribution in [1.29, 1.82) is 0 Å². The van der Waals surface area contributed by atoms with E-state index in [1.807, 2.05) is 0 Å². The molecule has 1 amide bonds. The molecular weight excluding hydrogens is 331 g/mol. The van der Waals surface area contributed by atoms with Crippen LogP contribution >= 0.6 is 0 Å². The van der Waals surface area contributed by atoms with Crippen LogP contribution in [0.5, 0.6) is 0 Å². The summed E-state index contributed by atoms with van der Waals surface area (Å²) in [5.41, 5.74) is 0.928.